The molecule has 17 heavy (non-hydrogen) atoms. The van der Waals surface area contributed by atoms with E-state index in [9.17, 15) is 0 Å². The Kier molecular flexibility index (Phi) is 10.9. The van der Waals surface area contributed by atoms with Crippen LogP contribution < -0.4 is 5.32 Å². The number of hydrogen-bond donors (Lipinski definition) is 1. The van der Waals surface area contributed by atoms with Crippen molar-refractivity contribution in [2.45, 2.75) is 46.5 Å². The quantitative estimate of drug-likeness (QED) is 0.536. The van der Waals surface area contributed by atoms with Gasteiger partial charge in [0.25, 0.3) is 0 Å². The van der Waals surface area contributed by atoms with Gasteiger partial charge in [-0.1, -0.05) is 20.8 Å². The van der Waals surface area contributed by atoms with E-state index in [1.807, 2.05) is 0 Å². The molecule has 3 heteroatoms. The molecule has 0 spiro atoms. The van der Waals surface area contributed by atoms with E-state index < -0.39 is 0 Å². The van der Waals surface area contributed by atoms with Gasteiger partial charge in [0.15, 0.2) is 0 Å². The zero-order chi connectivity index (χ0) is 13.0. The lowest BCUT2D eigenvalue weighted by atomic mass is 9.84. The zero-order valence-electron chi connectivity index (χ0n) is 12.2. The Hall–Kier alpha value is -0.120. The summed E-state index contributed by atoms with van der Waals surface area (Å²) in [6.45, 7) is 11.5. The van der Waals surface area contributed by atoms with E-state index in [4.69, 9.17) is 9.47 Å². The van der Waals surface area contributed by atoms with Gasteiger partial charge in [-0.3, -0.25) is 0 Å². The number of methoxy groups -OCH3 is 1. The fourth-order valence-electron chi connectivity index (χ4n) is 1.68. The molecule has 0 aromatic carbocycles. The van der Waals surface area contributed by atoms with Crippen molar-refractivity contribution in [1.82, 2.24) is 5.32 Å². The normalized spacial score (nSPS) is 14.8. The molecular formula is C14H31NO2. The van der Waals surface area contributed by atoms with Gasteiger partial charge in [0.2, 0.25) is 0 Å². The third-order valence-corrected chi connectivity index (χ3v) is 3.32. The topological polar surface area (TPSA) is 30.5 Å². The molecule has 0 saturated carbocycles. The third kappa shape index (κ3) is 9.57. The van der Waals surface area contributed by atoms with Crippen molar-refractivity contribution in [1.29, 1.82) is 0 Å². The van der Waals surface area contributed by atoms with Gasteiger partial charge in [-0.05, 0) is 37.6 Å². The predicted octanol–water partition coefficient (Wildman–Crippen LogP) is 2.85. The van der Waals surface area contributed by atoms with Gasteiger partial charge in [0.05, 0.1) is 0 Å². The minimum absolute atomic E-state index is 0.371. The molecule has 104 valence electrons. The Morgan fingerprint density at radius 3 is 2.47 bits per heavy atom. The van der Waals surface area contributed by atoms with Crippen LogP contribution in [0.25, 0.3) is 0 Å². The highest BCUT2D eigenvalue weighted by molar-refractivity contribution is 4.75. The van der Waals surface area contributed by atoms with Gasteiger partial charge in [-0.2, -0.15) is 0 Å². The van der Waals surface area contributed by atoms with Crippen molar-refractivity contribution in [2.75, 3.05) is 40.0 Å². The molecule has 1 N–H and O–H groups in total. The minimum Gasteiger partial charge on any atom is -0.385 e. The summed E-state index contributed by atoms with van der Waals surface area (Å²) in [5.74, 6) is 0. The Labute approximate surface area is 107 Å². The van der Waals surface area contributed by atoms with Crippen molar-refractivity contribution in [3.8, 4) is 0 Å². The Morgan fingerprint density at radius 2 is 1.88 bits per heavy atom. The monoisotopic (exact) mass is 245 g/mol. The molecular weight excluding hydrogens is 214 g/mol. The van der Waals surface area contributed by atoms with Crippen LogP contribution in [0.1, 0.15) is 46.5 Å². The predicted molar refractivity (Wildman–Crippen MR) is 73.5 cm³/mol. The highest BCUT2D eigenvalue weighted by Crippen LogP contribution is 2.24. The SMILES string of the molecule is CCCNCC(C)(CC)CCOCCCOC. The fourth-order valence-corrected chi connectivity index (χ4v) is 1.68. The van der Waals surface area contributed by atoms with Gasteiger partial charge in [0.1, 0.15) is 0 Å². The van der Waals surface area contributed by atoms with Gasteiger partial charge in [0, 0.05) is 33.5 Å². The van der Waals surface area contributed by atoms with Crippen LogP contribution in [0.2, 0.25) is 0 Å². The molecule has 0 aromatic heterocycles. The molecule has 0 amide bonds. The summed E-state index contributed by atoms with van der Waals surface area (Å²) in [7, 11) is 1.73. The van der Waals surface area contributed by atoms with Crippen LogP contribution in [0.15, 0.2) is 0 Å². The second kappa shape index (κ2) is 11.0. The summed E-state index contributed by atoms with van der Waals surface area (Å²) in [5.41, 5.74) is 0.371. The average molecular weight is 245 g/mol. The third-order valence-electron chi connectivity index (χ3n) is 3.32. The molecule has 0 aliphatic rings. The van der Waals surface area contributed by atoms with Crippen molar-refractivity contribution >= 4 is 0 Å². The second-order valence-electron chi connectivity index (χ2n) is 5.05. The van der Waals surface area contributed by atoms with Crippen molar-refractivity contribution in [3.63, 3.8) is 0 Å². The van der Waals surface area contributed by atoms with E-state index >= 15 is 0 Å². The second-order valence-corrected chi connectivity index (χ2v) is 5.05. The van der Waals surface area contributed by atoms with E-state index in [2.05, 4.69) is 26.1 Å². The van der Waals surface area contributed by atoms with E-state index in [0.29, 0.717) is 5.41 Å². The molecule has 0 radical (unpaired) electrons. The van der Waals surface area contributed by atoms with Gasteiger partial charge < -0.3 is 14.8 Å². The van der Waals surface area contributed by atoms with Crippen molar-refractivity contribution < 1.29 is 9.47 Å². The van der Waals surface area contributed by atoms with Gasteiger partial charge >= 0.3 is 0 Å². The lowest BCUT2D eigenvalue weighted by Crippen LogP contribution is -2.33. The maximum atomic E-state index is 5.63. The van der Waals surface area contributed by atoms with Crippen LogP contribution in [0.3, 0.4) is 0 Å². The van der Waals surface area contributed by atoms with Gasteiger partial charge in [-0.25, -0.2) is 0 Å². The van der Waals surface area contributed by atoms with Crippen LogP contribution in [0.5, 0.6) is 0 Å². The Bertz CT molecular complexity index is 164. The van der Waals surface area contributed by atoms with Crippen LogP contribution in [0.4, 0.5) is 0 Å². The molecule has 0 aliphatic carbocycles. The largest absolute Gasteiger partial charge is 0.385 e. The first kappa shape index (κ1) is 16.9. The highest BCUT2D eigenvalue weighted by atomic mass is 16.5. The number of hydrogen-bond acceptors (Lipinski definition) is 3. The van der Waals surface area contributed by atoms with Gasteiger partial charge in [-0.15, -0.1) is 0 Å². The maximum Gasteiger partial charge on any atom is 0.0487 e. The first-order chi connectivity index (χ1) is 8.18. The molecule has 1 atom stereocenters. The summed E-state index contributed by atoms with van der Waals surface area (Å²) in [6, 6.07) is 0. The van der Waals surface area contributed by atoms with Crippen molar-refractivity contribution in [2.24, 2.45) is 5.41 Å². The Balaban J connectivity index is 3.57. The summed E-state index contributed by atoms with van der Waals surface area (Å²) in [6.07, 6.45) is 4.53. The van der Waals surface area contributed by atoms with Crippen LogP contribution in [0, 0.1) is 5.41 Å². The summed E-state index contributed by atoms with van der Waals surface area (Å²) < 4.78 is 10.6. The molecule has 0 fully saturated rings. The van der Waals surface area contributed by atoms with E-state index in [-0.39, 0.29) is 0 Å². The molecule has 0 aromatic rings. The number of nitrogens with one attached hydrogen (secondary N) is 1. The lowest BCUT2D eigenvalue weighted by Gasteiger charge is -2.28. The molecule has 0 rings (SSSR count). The molecule has 0 bridgehead atoms. The first-order valence-electron chi connectivity index (χ1n) is 6.96. The van der Waals surface area contributed by atoms with E-state index in [1.165, 1.54) is 12.8 Å². The molecule has 0 aliphatic heterocycles. The fraction of sp³-hybridized carbons (Fsp3) is 1.00. The lowest BCUT2D eigenvalue weighted by molar-refractivity contribution is 0.0782. The smallest absolute Gasteiger partial charge is 0.0487 e. The number of rotatable bonds is 12. The van der Waals surface area contributed by atoms with E-state index in [1.54, 1.807) is 7.11 Å². The molecule has 1 unspecified atom stereocenters. The first-order valence-corrected chi connectivity index (χ1v) is 6.96. The van der Waals surface area contributed by atoms with E-state index in [0.717, 1.165) is 45.8 Å². The summed E-state index contributed by atoms with van der Waals surface area (Å²) >= 11 is 0. The molecule has 0 heterocycles. The zero-order valence-corrected chi connectivity index (χ0v) is 12.2. The van der Waals surface area contributed by atoms with Crippen LogP contribution in [-0.4, -0.2) is 40.0 Å². The standard InChI is InChI=1S/C14H31NO2/c1-5-9-15-13-14(3,6-2)8-12-17-11-7-10-16-4/h15H,5-13H2,1-4H3. The summed E-state index contributed by atoms with van der Waals surface area (Å²) in [5, 5.41) is 3.51. The van der Waals surface area contributed by atoms with Crippen LogP contribution >= 0.6 is 0 Å². The minimum atomic E-state index is 0.371. The van der Waals surface area contributed by atoms with Crippen LogP contribution in [-0.2, 0) is 9.47 Å². The highest BCUT2D eigenvalue weighted by Gasteiger charge is 2.20. The van der Waals surface area contributed by atoms with Crippen molar-refractivity contribution in [3.05, 3.63) is 0 Å². The molecule has 3 nitrogen and oxygen atoms in total. The average Bonchev–Trinajstić information content (AvgIpc) is 2.34. The molecule has 0 saturated heterocycles. The number of ether oxygens (including phenoxy) is 2. The maximum absolute atomic E-state index is 5.63. The summed E-state index contributed by atoms with van der Waals surface area (Å²) in [4.78, 5) is 0. The Morgan fingerprint density at radius 1 is 1.12 bits per heavy atom.